The number of piperazine rings is 1. The molecule has 13 heteroatoms. The van der Waals surface area contributed by atoms with E-state index in [1.54, 1.807) is 0 Å². The van der Waals surface area contributed by atoms with Gasteiger partial charge in [0, 0.05) is 26.2 Å². The summed E-state index contributed by atoms with van der Waals surface area (Å²) in [5, 5.41) is 2.98. The van der Waals surface area contributed by atoms with Crippen molar-refractivity contribution in [3.63, 3.8) is 0 Å². The van der Waals surface area contributed by atoms with Crippen molar-refractivity contribution in [2.45, 2.75) is 18.8 Å². The molecule has 32 heavy (non-hydrogen) atoms. The third-order valence-corrected chi connectivity index (χ3v) is 4.74. The molecule has 1 saturated heterocycles. The van der Waals surface area contributed by atoms with Crippen LogP contribution in [0.15, 0.2) is 42.5 Å². The molecule has 1 aliphatic rings. The number of nitrogens with one attached hydrogen (secondary N) is 1. The van der Waals surface area contributed by atoms with Gasteiger partial charge in [0.15, 0.2) is 0 Å². The topological polar surface area (TPSA) is 33.7 Å². The fourth-order valence-corrected chi connectivity index (χ4v) is 3.53. The highest BCUT2D eigenvalue weighted by atomic mass is 35.5. The van der Waals surface area contributed by atoms with Crippen LogP contribution < -0.4 is 14.8 Å². The van der Waals surface area contributed by atoms with Crippen LogP contribution in [-0.4, -0.2) is 43.8 Å². The van der Waals surface area contributed by atoms with E-state index < -0.39 is 24.5 Å². The molecule has 4 nitrogen and oxygen atoms in total. The van der Waals surface area contributed by atoms with E-state index in [4.69, 9.17) is 11.6 Å². The van der Waals surface area contributed by atoms with Crippen LogP contribution in [0, 0.1) is 0 Å². The van der Waals surface area contributed by atoms with Gasteiger partial charge in [-0.2, -0.15) is 0 Å². The fraction of sp³-hybridized carbons (Fsp3) is 0.368. The van der Waals surface area contributed by atoms with Crippen LogP contribution in [0.25, 0.3) is 0 Å². The Hall–Kier alpha value is -1.59. The maximum Gasteiger partial charge on any atom is 0.573 e. The third-order valence-electron chi connectivity index (χ3n) is 4.44. The first-order valence-corrected chi connectivity index (χ1v) is 9.25. The van der Waals surface area contributed by atoms with Crippen molar-refractivity contribution in [2.75, 3.05) is 26.2 Å². The first-order chi connectivity index (χ1) is 14.0. The minimum Gasteiger partial charge on any atom is -0.406 e. The van der Waals surface area contributed by atoms with Crippen molar-refractivity contribution < 1.29 is 35.8 Å². The van der Waals surface area contributed by atoms with Crippen molar-refractivity contribution in [1.29, 1.82) is 0 Å². The number of hydrogen-bond donors (Lipinski definition) is 1. The molecule has 0 aliphatic carbocycles. The van der Waals surface area contributed by atoms with E-state index in [1.807, 2.05) is 0 Å². The third kappa shape index (κ3) is 8.08. The number of rotatable bonds is 5. The van der Waals surface area contributed by atoms with Gasteiger partial charge in [-0.05, 0) is 35.4 Å². The summed E-state index contributed by atoms with van der Waals surface area (Å²) in [6.45, 7) is 2.64. The summed E-state index contributed by atoms with van der Waals surface area (Å²) in [5.41, 5.74) is 1.23. The summed E-state index contributed by atoms with van der Waals surface area (Å²) in [4.78, 5) is 2.06. The van der Waals surface area contributed by atoms with Crippen LogP contribution in [0.4, 0.5) is 26.3 Å². The molecule has 180 valence electrons. The van der Waals surface area contributed by atoms with Crippen molar-refractivity contribution >= 4 is 36.4 Å². The minimum absolute atomic E-state index is 0. The van der Waals surface area contributed by atoms with E-state index in [0.717, 1.165) is 6.07 Å². The highest BCUT2D eigenvalue weighted by molar-refractivity contribution is 6.32. The van der Waals surface area contributed by atoms with Gasteiger partial charge in [-0.1, -0.05) is 29.8 Å². The highest BCUT2D eigenvalue weighted by Crippen LogP contribution is 2.36. The standard InChI is InChI=1S/C19H17ClF6N2O2.2ClH/c20-15-11-13(3-6-16(15)30-19(24,25)26)17(28-9-7-27-8-10-28)12-1-4-14(5-2-12)29-18(21,22)23;;/h1-6,11,17,27H,7-10H2;2*1H/t17-;;/m1../s1. The predicted octanol–water partition coefficient (Wildman–Crippen LogP) is 5.98. The molecule has 0 radical (unpaired) electrons. The zero-order chi connectivity index (χ0) is 21.9. The molecule has 0 aromatic heterocycles. The lowest BCUT2D eigenvalue weighted by atomic mass is 9.96. The van der Waals surface area contributed by atoms with Crippen LogP contribution in [0.2, 0.25) is 5.02 Å². The van der Waals surface area contributed by atoms with E-state index >= 15 is 0 Å². The number of nitrogens with zero attached hydrogens (tertiary/aromatic N) is 1. The Morgan fingerprint density at radius 1 is 0.812 bits per heavy atom. The predicted molar refractivity (Wildman–Crippen MR) is 112 cm³/mol. The Bertz CT molecular complexity index is 860. The lowest BCUT2D eigenvalue weighted by Crippen LogP contribution is -2.45. The van der Waals surface area contributed by atoms with Gasteiger partial charge in [-0.15, -0.1) is 51.2 Å². The molecule has 0 amide bonds. The molecule has 1 atom stereocenters. The summed E-state index contributed by atoms with van der Waals surface area (Å²) in [6.07, 6.45) is -9.68. The van der Waals surface area contributed by atoms with Gasteiger partial charge in [0.2, 0.25) is 0 Å². The highest BCUT2D eigenvalue weighted by Gasteiger charge is 2.33. The zero-order valence-corrected chi connectivity index (χ0v) is 18.6. The molecular weight excluding hydrogens is 509 g/mol. The summed E-state index contributed by atoms with van der Waals surface area (Å²) < 4.78 is 82.5. The van der Waals surface area contributed by atoms with Gasteiger partial charge < -0.3 is 14.8 Å². The van der Waals surface area contributed by atoms with E-state index in [1.165, 1.54) is 36.4 Å². The maximum atomic E-state index is 12.5. The first kappa shape index (κ1) is 28.4. The number of halogens is 9. The molecule has 2 aromatic rings. The van der Waals surface area contributed by atoms with Crippen LogP contribution in [0.1, 0.15) is 17.2 Å². The second kappa shape index (κ2) is 11.5. The number of hydrogen-bond acceptors (Lipinski definition) is 4. The summed E-state index contributed by atoms with van der Waals surface area (Å²) in [5.74, 6) is -0.891. The lowest BCUT2D eigenvalue weighted by molar-refractivity contribution is -0.275. The zero-order valence-electron chi connectivity index (χ0n) is 16.2. The molecular formula is C19H19Cl3F6N2O2. The van der Waals surface area contributed by atoms with E-state index in [9.17, 15) is 26.3 Å². The Labute approximate surface area is 197 Å². The fourth-order valence-electron chi connectivity index (χ4n) is 3.30. The number of alkyl halides is 6. The molecule has 0 spiro atoms. The lowest BCUT2D eigenvalue weighted by Gasteiger charge is -2.35. The summed E-state index contributed by atoms with van der Waals surface area (Å²) in [7, 11) is 0. The van der Waals surface area contributed by atoms with Gasteiger partial charge in [0.25, 0.3) is 0 Å². The number of benzene rings is 2. The molecule has 1 aliphatic heterocycles. The average molecular weight is 528 g/mol. The Morgan fingerprint density at radius 2 is 1.34 bits per heavy atom. The number of ether oxygens (including phenoxy) is 2. The van der Waals surface area contributed by atoms with Gasteiger partial charge >= 0.3 is 12.7 Å². The Kier molecular flexibility index (Phi) is 10.2. The normalized spacial score (nSPS) is 15.8. The SMILES string of the molecule is Cl.Cl.FC(F)(F)Oc1ccc([C@H](c2ccc(OC(F)(F)F)c(Cl)c2)N2CCNCC2)cc1. The second-order valence-electron chi connectivity index (χ2n) is 6.54. The van der Waals surface area contributed by atoms with Crippen molar-refractivity contribution in [1.82, 2.24) is 10.2 Å². The van der Waals surface area contributed by atoms with Gasteiger partial charge in [-0.3, -0.25) is 4.90 Å². The van der Waals surface area contributed by atoms with Gasteiger partial charge in [-0.25, -0.2) is 0 Å². The van der Waals surface area contributed by atoms with E-state index in [0.29, 0.717) is 37.3 Å². The van der Waals surface area contributed by atoms with Crippen molar-refractivity contribution in [3.8, 4) is 11.5 Å². The monoisotopic (exact) mass is 526 g/mol. The smallest absolute Gasteiger partial charge is 0.406 e. The minimum atomic E-state index is -4.88. The van der Waals surface area contributed by atoms with Gasteiger partial charge in [0.1, 0.15) is 11.5 Å². The molecule has 1 N–H and O–H groups in total. The molecule has 2 aromatic carbocycles. The van der Waals surface area contributed by atoms with Crippen LogP contribution in [0.3, 0.4) is 0 Å². The van der Waals surface area contributed by atoms with Crippen LogP contribution >= 0.6 is 36.4 Å². The Morgan fingerprint density at radius 3 is 1.84 bits per heavy atom. The molecule has 0 unspecified atom stereocenters. The van der Waals surface area contributed by atoms with Gasteiger partial charge in [0.05, 0.1) is 11.1 Å². The van der Waals surface area contributed by atoms with E-state index in [2.05, 4.69) is 19.7 Å². The van der Waals surface area contributed by atoms with Crippen molar-refractivity contribution in [3.05, 3.63) is 58.6 Å². The molecule has 0 bridgehead atoms. The van der Waals surface area contributed by atoms with Crippen LogP contribution in [0.5, 0.6) is 11.5 Å². The average Bonchev–Trinajstić information content (AvgIpc) is 2.64. The van der Waals surface area contributed by atoms with E-state index in [-0.39, 0.29) is 35.6 Å². The second-order valence-corrected chi connectivity index (χ2v) is 6.95. The molecule has 1 heterocycles. The molecule has 0 saturated carbocycles. The summed E-state index contributed by atoms with van der Waals surface area (Å²) >= 11 is 6.00. The Balaban J connectivity index is 0.00000256. The largest absolute Gasteiger partial charge is 0.573 e. The first-order valence-electron chi connectivity index (χ1n) is 8.87. The quantitative estimate of drug-likeness (QED) is 0.486. The molecule has 1 fully saturated rings. The molecule has 3 rings (SSSR count). The van der Waals surface area contributed by atoms with Crippen LogP contribution in [-0.2, 0) is 0 Å². The maximum absolute atomic E-state index is 12.5. The van der Waals surface area contributed by atoms with Crippen molar-refractivity contribution in [2.24, 2.45) is 0 Å². The summed E-state index contributed by atoms with van der Waals surface area (Å²) in [6, 6.07) is 8.89.